The second kappa shape index (κ2) is 4.94. The summed E-state index contributed by atoms with van der Waals surface area (Å²) >= 11 is 1.64. The van der Waals surface area contributed by atoms with E-state index in [0.29, 0.717) is 24.1 Å². The van der Waals surface area contributed by atoms with Crippen LogP contribution in [0.3, 0.4) is 0 Å². The quantitative estimate of drug-likeness (QED) is 0.846. The first-order valence-electron chi connectivity index (χ1n) is 6.22. The van der Waals surface area contributed by atoms with Gasteiger partial charge in [0, 0.05) is 6.04 Å². The summed E-state index contributed by atoms with van der Waals surface area (Å²) in [6, 6.07) is 7.13. The van der Waals surface area contributed by atoms with Gasteiger partial charge in [-0.2, -0.15) is 0 Å². The molecule has 1 aliphatic rings. The van der Waals surface area contributed by atoms with Crippen LogP contribution >= 0.6 is 11.8 Å². The fourth-order valence-electron chi connectivity index (χ4n) is 2.04. The van der Waals surface area contributed by atoms with Gasteiger partial charge in [0.2, 0.25) is 0 Å². The zero-order valence-electron chi connectivity index (χ0n) is 10.9. The maximum absolute atomic E-state index is 13.9. The summed E-state index contributed by atoms with van der Waals surface area (Å²) in [6.45, 7) is 5.01. The van der Waals surface area contributed by atoms with Crippen molar-refractivity contribution in [1.82, 2.24) is 19.7 Å². The largest absolute Gasteiger partial charge is 0.288 e. The predicted molar refractivity (Wildman–Crippen MR) is 73.1 cm³/mol. The maximum Gasteiger partial charge on any atom is 0.193 e. The van der Waals surface area contributed by atoms with Crippen molar-refractivity contribution in [3.8, 4) is 11.4 Å². The summed E-state index contributed by atoms with van der Waals surface area (Å²) in [7, 11) is 0. The van der Waals surface area contributed by atoms with E-state index in [9.17, 15) is 4.39 Å². The second-order valence-electron chi connectivity index (χ2n) is 4.81. The second-order valence-corrected chi connectivity index (χ2v) is 5.72. The average molecular weight is 278 g/mol. The molecule has 0 unspecified atom stereocenters. The van der Waals surface area contributed by atoms with Crippen LogP contribution in [0, 0.1) is 5.82 Å². The molecule has 4 nitrogen and oxygen atoms in total. The Morgan fingerprint density at radius 2 is 2.05 bits per heavy atom. The Hall–Kier alpha value is -1.40. The average Bonchev–Trinajstić information content (AvgIpc) is 2.82. The van der Waals surface area contributed by atoms with Crippen LogP contribution in [0.15, 0.2) is 29.4 Å². The van der Waals surface area contributed by atoms with Gasteiger partial charge in [0.15, 0.2) is 11.0 Å². The van der Waals surface area contributed by atoms with E-state index in [1.165, 1.54) is 6.07 Å². The van der Waals surface area contributed by atoms with Crippen molar-refractivity contribution in [3.05, 3.63) is 30.1 Å². The highest BCUT2D eigenvalue weighted by atomic mass is 32.2. The molecular weight excluding hydrogens is 263 g/mol. The molecule has 0 radical (unpaired) electrons. The summed E-state index contributed by atoms with van der Waals surface area (Å²) in [6.07, 6.45) is 0. The third kappa shape index (κ3) is 2.26. The lowest BCUT2D eigenvalue weighted by Gasteiger charge is -2.30. The third-order valence-electron chi connectivity index (χ3n) is 3.24. The van der Waals surface area contributed by atoms with Gasteiger partial charge in [-0.1, -0.05) is 23.9 Å². The Bertz CT molecular complexity index is 596. The van der Waals surface area contributed by atoms with Gasteiger partial charge in [-0.15, -0.1) is 10.2 Å². The topological polar surface area (TPSA) is 34.0 Å². The number of nitrogens with zero attached hydrogens (tertiary/aromatic N) is 4. The number of aromatic nitrogens is 3. The lowest BCUT2D eigenvalue weighted by Crippen LogP contribution is -2.35. The zero-order valence-corrected chi connectivity index (χ0v) is 11.7. The molecule has 0 N–H and O–H groups in total. The first-order chi connectivity index (χ1) is 9.16. The van der Waals surface area contributed by atoms with Gasteiger partial charge in [-0.05, 0) is 26.0 Å². The molecule has 0 fully saturated rings. The van der Waals surface area contributed by atoms with Gasteiger partial charge in [0.1, 0.15) is 5.82 Å². The third-order valence-corrected chi connectivity index (χ3v) is 4.27. The molecule has 0 bridgehead atoms. The van der Waals surface area contributed by atoms with Crippen molar-refractivity contribution in [2.24, 2.45) is 0 Å². The van der Waals surface area contributed by atoms with Crippen molar-refractivity contribution in [1.29, 1.82) is 0 Å². The van der Waals surface area contributed by atoms with Gasteiger partial charge in [-0.3, -0.25) is 9.47 Å². The number of hydrogen-bond acceptors (Lipinski definition) is 4. The highest BCUT2D eigenvalue weighted by Crippen LogP contribution is 2.30. The van der Waals surface area contributed by atoms with E-state index in [1.807, 2.05) is 10.6 Å². The van der Waals surface area contributed by atoms with E-state index in [1.54, 1.807) is 23.9 Å². The molecule has 0 saturated heterocycles. The molecule has 2 aromatic rings. The molecule has 1 aromatic heterocycles. The lowest BCUT2D eigenvalue weighted by molar-refractivity contribution is 0.193. The van der Waals surface area contributed by atoms with Gasteiger partial charge < -0.3 is 0 Å². The summed E-state index contributed by atoms with van der Waals surface area (Å²) in [5.74, 6) is 1.24. The molecule has 3 rings (SSSR count). The summed E-state index contributed by atoms with van der Waals surface area (Å²) in [4.78, 5) is 2.30. The molecule has 1 aliphatic heterocycles. The van der Waals surface area contributed by atoms with E-state index in [2.05, 4.69) is 28.9 Å². The van der Waals surface area contributed by atoms with E-state index in [4.69, 9.17) is 0 Å². The molecule has 0 saturated carbocycles. The van der Waals surface area contributed by atoms with Crippen LogP contribution < -0.4 is 0 Å². The minimum atomic E-state index is -0.260. The van der Waals surface area contributed by atoms with Crippen LogP contribution in [0.2, 0.25) is 0 Å². The number of fused-ring (bicyclic) bond motifs is 1. The molecule has 0 atom stereocenters. The molecule has 19 heavy (non-hydrogen) atoms. The molecule has 0 amide bonds. The van der Waals surface area contributed by atoms with E-state index in [0.717, 1.165) is 11.0 Å². The van der Waals surface area contributed by atoms with Gasteiger partial charge >= 0.3 is 0 Å². The minimum absolute atomic E-state index is 0.260. The van der Waals surface area contributed by atoms with Crippen molar-refractivity contribution in [3.63, 3.8) is 0 Å². The van der Waals surface area contributed by atoms with Crippen LogP contribution in [-0.4, -0.2) is 31.6 Å². The molecule has 2 heterocycles. The van der Waals surface area contributed by atoms with Crippen LogP contribution in [0.4, 0.5) is 4.39 Å². The Kier molecular flexibility index (Phi) is 3.28. The standard InChI is InChI=1S/C13H15FN4S/c1-9(2)17-7-18-12(15-16-13(18)19-8-17)10-5-3-4-6-11(10)14/h3-6,9H,7-8H2,1-2H3. The fourth-order valence-corrected chi connectivity index (χ4v) is 3.10. The zero-order chi connectivity index (χ0) is 13.4. The minimum Gasteiger partial charge on any atom is -0.288 e. The maximum atomic E-state index is 13.9. The molecule has 6 heteroatoms. The summed E-state index contributed by atoms with van der Waals surface area (Å²) in [5.41, 5.74) is 0.507. The van der Waals surface area contributed by atoms with Crippen LogP contribution in [0.25, 0.3) is 11.4 Å². The van der Waals surface area contributed by atoms with Crippen LogP contribution in [0.5, 0.6) is 0 Å². The Balaban J connectivity index is 2.02. The normalized spacial score (nSPS) is 15.8. The number of benzene rings is 1. The van der Waals surface area contributed by atoms with Crippen molar-refractivity contribution >= 4 is 11.8 Å². The molecule has 100 valence electrons. The first-order valence-corrected chi connectivity index (χ1v) is 7.20. The van der Waals surface area contributed by atoms with Crippen molar-refractivity contribution in [2.45, 2.75) is 31.7 Å². The SMILES string of the molecule is CC(C)N1CSc2nnc(-c3ccccc3F)n2C1. The van der Waals surface area contributed by atoms with Crippen LogP contribution in [-0.2, 0) is 6.67 Å². The van der Waals surface area contributed by atoms with Gasteiger partial charge in [0.25, 0.3) is 0 Å². The lowest BCUT2D eigenvalue weighted by atomic mass is 10.2. The molecule has 0 aliphatic carbocycles. The Morgan fingerprint density at radius 1 is 1.26 bits per heavy atom. The van der Waals surface area contributed by atoms with Gasteiger partial charge in [-0.25, -0.2) is 4.39 Å². The fraction of sp³-hybridized carbons (Fsp3) is 0.385. The highest BCUT2D eigenvalue weighted by Gasteiger charge is 2.24. The monoisotopic (exact) mass is 278 g/mol. The van der Waals surface area contributed by atoms with E-state index < -0.39 is 0 Å². The Morgan fingerprint density at radius 3 is 2.79 bits per heavy atom. The first kappa shape index (κ1) is 12.6. The van der Waals surface area contributed by atoms with E-state index >= 15 is 0 Å². The number of thioether (sulfide) groups is 1. The van der Waals surface area contributed by atoms with E-state index in [-0.39, 0.29) is 5.82 Å². The predicted octanol–water partition coefficient (Wildman–Crippen LogP) is 2.82. The molecule has 1 aromatic carbocycles. The number of hydrogen-bond donors (Lipinski definition) is 0. The highest BCUT2D eigenvalue weighted by molar-refractivity contribution is 7.99. The number of rotatable bonds is 2. The van der Waals surface area contributed by atoms with Gasteiger partial charge in [0.05, 0.1) is 18.1 Å². The van der Waals surface area contributed by atoms with Crippen LogP contribution in [0.1, 0.15) is 13.8 Å². The molecule has 0 spiro atoms. The Labute approximate surface area is 115 Å². The number of halogens is 1. The smallest absolute Gasteiger partial charge is 0.193 e. The van der Waals surface area contributed by atoms with Crippen molar-refractivity contribution < 1.29 is 4.39 Å². The summed E-state index contributed by atoms with van der Waals surface area (Å²) in [5, 5.41) is 9.16. The molecular formula is C13H15FN4S. The summed E-state index contributed by atoms with van der Waals surface area (Å²) < 4.78 is 15.9. The van der Waals surface area contributed by atoms with Crippen molar-refractivity contribution in [2.75, 3.05) is 5.88 Å².